The number of aliphatic hydroxyl groups is 2. The molecule has 2 N–H and O–H groups in total. The average molecular weight is 146 g/mol. The highest BCUT2D eigenvalue weighted by atomic mass is 16.6. The lowest BCUT2D eigenvalue weighted by Crippen LogP contribution is -2.42. The van der Waals surface area contributed by atoms with Crippen LogP contribution in [0.25, 0.3) is 0 Å². The smallest absolute Gasteiger partial charge is 0.165 e. The van der Waals surface area contributed by atoms with Crippen molar-refractivity contribution in [3.8, 4) is 0 Å². The molecule has 3 heteroatoms. The Morgan fingerprint density at radius 1 is 1.60 bits per heavy atom. The van der Waals surface area contributed by atoms with Gasteiger partial charge in [0.1, 0.15) is 0 Å². The van der Waals surface area contributed by atoms with Gasteiger partial charge in [0.25, 0.3) is 0 Å². The van der Waals surface area contributed by atoms with Crippen molar-refractivity contribution < 1.29 is 14.9 Å². The predicted molar refractivity (Wildman–Crippen MR) is 36.4 cm³/mol. The van der Waals surface area contributed by atoms with E-state index in [1.165, 1.54) is 0 Å². The second kappa shape index (κ2) is 2.49. The van der Waals surface area contributed by atoms with Gasteiger partial charge in [-0.15, -0.1) is 0 Å². The molecule has 10 heavy (non-hydrogen) atoms. The summed E-state index contributed by atoms with van der Waals surface area (Å²) in [5.41, 5.74) is 0. The summed E-state index contributed by atoms with van der Waals surface area (Å²) in [6.07, 6.45) is 0.477. The van der Waals surface area contributed by atoms with E-state index in [4.69, 9.17) is 4.74 Å². The third-order valence-corrected chi connectivity index (χ3v) is 1.67. The maximum absolute atomic E-state index is 9.33. The van der Waals surface area contributed by atoms with Crippen LogP contribution in [0.1, 0.15) is 26.7 Å². The molecule has 0 aromatic heterocycles. The maximum atomic E-state index is 9.33. The number of rotatable bonds is 0. The van der Waals surface area contributed by atoms with Crippen LogP contribution in [-0.2, 0) is 4.74 Å². The topological polar surface area (TPSA) is 49.7 Å². The number of aliphatic hydroxyl groups excluding tert-OH is 1. The van der Waals surface area contributed by atoms with Crippen LogP contribution in [0.15, 0.2) is 0 Å². The van der Waals surface area contributed by atoms with E-state index in [-0.39, 0.29) is 6.10 Å². The summed E-state index contributed by atoms with van der Waals surface area (Å²) < 4.78 is 5.14. The van der Waals surface area contributed by atoms with Crippen molar-refractivity contribution in [1.29, 1.82) is 0 Å². The van der Waals surface area contributed by atoms with Crippen LogP contribution in [0.3, 0.4) is 0 Å². The molecular weight excluding hydrogens is 132 g/mol. The van der Waals surface area contributed by atoms with E-state index in [0.29, 0.717) is 12.8 Å². The summed E-state index contributed by atoms with van der Waals surface area (Å²) in [5, 5.41) is 18.5. The van der Waals surface area contributed by atoms with Crippen LogP contribution in [0, 0.1) is 0 Å². The van der Waals surface area contributed by atoms with Crippen molar-refractivity contribution in [2.75, 3.05) is 0 Å². The highest BCUT2D eigenvalue weighted by molar-refractivity contribution is 4.76. The highest BCUT2D eigenvalue weighted by Crippen LogP contribution is 2.25. The number of ether oxygens (including phenoxy) is 1. The van der Waals surface area contributed by atoms with Gasteiger partial charge >= 0.3 is 0 Å². The van der Waals surface area contributed by atoms with Gasteiger partial charge in [-0.3, -0.25) is 0 Å². The van der Waals surface area contributed by atoms with Crippen molar-refractivity contribution in [3.63, 3.8) is 0 Å². The molecule has 3 atom stereocenters. The number of hydrogen-bond donors (Lipinski definition) is 2. The molecule has 1 aliphatic heterocycles. The van der Waals surface area contributed by atoms with Gasteiger partial charge in [0.2, 0.25) is 0 Å². The normalized spacial score (nSPS) is 49.2. The largest absolute Gasteiger partial charge is 0.393 e. The number of hydrogen-bond acceptors (Lipinski definition) is 3. The summed E-state index contributed by atoms with van der Waals surface area (Å²) in [5.74, 6) is -1.13. The third kappa shape index (κ3) is 1.94. The molecule has 1 saturated heterocycles. The van der Waals surface area contributed by atoms with Gasteiger partial charge in [-0.2, -0.15) is 0 Å². The Morgan fingerprint density at radius 3 is 2.60 bits per heavy atom. The molecule has 0 bridgehead atoms. The van der Waals surface area contributed by atoms with Gasteiger partial charge in [-0.05, 0) is 20.3 Å². The molecule has 0 radical (unpaired) electrons. The van der Waals surface area contributed by atoms with Crippen molar-refractivity contribution in [2.24, 2.45) is 0 Å². The van der Waals surface area contributed by atoms with Crippen LogP contribution in [0.4, 0.5) is 0 Å². The molecule has 1 aliphatic rings. The lowest BCUT2D eigenvalue weighted by Gasteiger charge is -2.35. The molecule has 3 nitrogen and oxygen atoms in total. The minimum Gasteiger partial charge on any atom is -0.393 e. The van der Waals surface area contributed by atoms with E-state index < -0.39 is 11.9 Å². The fourth-order valence-corrected chi connectivity index (χ4v) is 1.43. The average Bonchev–Trinajstić information content (AvgIpc) is 1.54. The van der Waals surface area contributed by atoms with Crippen molar-refractivity contribution in [3.05, 3.63) is 0 Å². The summed E-state index contributed by atoms with van der Waals surface area (Å²) in [6, 6.07) is 0. The van der Waals surface area contributed by atoms with Crippen LogP contribution in [0.2, 0.25) is 0 Å². The van der Waals surface area contributed by atoms with E-state index in [1.54, 1.807) is 6.92 Å². The second-order valence-electron chi connectivity index (χ2n) is 3.20. The minimum atomic E-state index is -1.13. The van der Waals surface area contributed by atoms with Crippen LogP contribution >= 0.6 is 0 Å². The summed E-state index contributed by atoms with van der Waals surface area (Å²) >= 11 is 0. The first-order valence-electron chi connectivity index (χ1n) is 3.58. The van der Waals surface area contributed by atoms with Crippen LogP contribution in [-0.4, -0.2) is 28.2 Å². The zero-order valence-corrected chi connectivity index (χ0v) is 6.37. The summed E-state index contributed by atoms with van der Waals surface area (Å²) in [4.78, 5) is 0. The monoisotopic (exact) mass is 146 g/mol. The Kier molecular flexibility index (Phi) is 1.99. The first kappa shape index (κ1) is 7.98. The van der Waals surface area contributed by atoms with Gasteiger partial charge in [0.15, 0.2) is 5.79 Å². The fraction of sp³-hybridized carbons (Fsp3) is 1.00. The van der Waals surface area contributed by atoms with Crippen molar-refractivity contribution in [1.82, 2.24) is 0 Å². The SMILES string of the molecule is C[C@@H]1C[C@@H](O)CC(C)(O)O1. The molecule has 0 aliphatic carbocycles. The van der Waals surface area contributed by atoms with E-state index in [9.17, 15) is 10.2 Å². The van der Waals surface area contributed by atoms with Crippen LogP contribution in [0.5, 0.6) is 0 Å². The zero-order valence-electron chi connectivity index (χ0n) is 6.37. The van der Waals surface area contributed by atoms with E-state index in [2.05, 4.69) is 0 Å². The van der Waals surface area contributed by atoms with Gasteiger partial charge in [0, 0.05) is 6.42 Å². The first-order valence-corrected chi connectivity index (χ1v) is 3.58. The van der Waals surface area contributed by atoms with E-state index in [0.717, 1.165) is 0 Å². The predicted octanol–water partition coefficient (Wildman–Crippen LogP) is 0.255. The van der Waals surface area contributed by atoms with Gasteiger partial charge in [0.05, 0.1) is 12.2 Å². The lowest BCUT2D eigenvalue weighted by molar-refractivity contribution is -0.256. The molecule has 1 rings (SSSR count). The Bertz CT molecular complexity index is 110. The quantitative estimate of drug-likeness (QED) is 0.515. The molecule has 0 aromatic carbocycles. The molecule has 0 saturated carbocycles. The van der Waals surface area contributed by atoms with Crippen LogP contribution < -0.4 is 0 Å². The minimum absolute atomic E-state index is 0.0428. The molecule has 1 unspecified atom stereocenters. The van der Waals surface area contributed by atoms with E-state index >= 15 is 0 Å². The molecular formula is C7H14O3. The van der Waals surface area contributed by atoms with Crippen molar-refractivity contribution in [2.45, 2.75) is 44.7 Å². The Labute approximate surface area is 60.6 Å². The second-order valence-corrected chi connectivity index (χ2v) is 3.20. The maximum Gasteiger partial charge on any atom is 0.165 e. The molecule has 0 amide bonds. The molecule has 0 spiro atoms. The first-order chi connectivity index (χ1) is 4.49. The Hall–Kier alpha value is -0.120. The zero-order chi connectivity index (χ0) is 7.78. The highest BCUT2D eigenvalue weighted by Gasteiger charge is 2.33. The Morgan fingerprint density at radius 2 is 2.20 bits per heavy atom. The third-order valence-electron chi connectivity index (χ3n) is 1.67. The summed E-state index contributed by atoms with van der Waals surface area (Å²) in [6.45, 7) is 3.42. The van der Waals surface area contributed by atoms with Crippen molar-refractivity contribution >= 4 is 0 Å². The summed E-state index contributed by atoms with van der Waals surface area (Å²) in [7, 11) is 0. The molecule has 60 valence electrons. The van der Waals surface area contributed by atoms with E-state index in [1.807, 2.05) is 6.92 Å². The standard InChI is InChI=1S/C7H14O3/c1-5-3-6(8)4-7(2,9)10-5/h5-6,8-9H,3-4H2,1-2H3/t5-,6-,7?/m1/s1. The van der Waals surface area contributed by atoms with Gasteiger partial charge in [-0.1, -0.05) is 0 Å². The van der Waals surface area contributed by atoms with Gasteiger partial charge in [-0.25, -0.2) is 0 Å². The van der Waals surface area contributed by atoms with Gasteiger partial charge < -0.3 is 14.9 Å². The molecule has 1 fully saturated rings. The molecule has 0 aromatic rings. The molecule has 1 heterocycles. The Balaban J connectivity index is 2.51. The fourth-order valence-electron chi connectivity index (χ4n) is 1.43. The lowest BCUT2D eigenvalue weighted by atomic mass is 10.0.